The topological polar surface area (TPSA) is 46.5 Å². The Balaban J connectivity index is 4.04. The third-order valence-corrected chi connectivity index (χ3v) is 1.84. The minimum absolute atomic E-state index is 0.359. The Hall–Kier alpha value is -0.290. The van der Waals surface area contributed by atoms with Gasteiger partial charge in [-0.15, -0.1) is 6.42 Å². The lowest BCUT2D eigenvalue weighted by Gasteiger charge is -2.15. The number of terminal acetylenes is 1. The first kappa shape index (κ1) is 11.7. The van der Waals surface area contributed by atoms with Crippen molar-refractivity contribution in [3.8, 4) is 12.3 Å². The molecular formula is C8H15O3P. The molecule has 0 saturated carbocycles. The van der Waals surface area contributed by atoms with Crippen molar-refractivity contribution in [2.45, 2.75) is 26.4 Å². The Morgan fingerprint density at radius 1 is 1.67 bits per heavy atom. The van der Waals surface area contributed by atoms with Crippen LogP contribution in [0.15, 0.2) is 0 Å². The van der Waals surface area contributed by atoms with E-state index in [0.717, 1.165) is 6.66 Å². The van der Waals surface area contributed by atoms with Gasteiger partial charge in [-0.3, -0.25) is 9.09 Å². The van der Waals surface area contributed by atoms with Crippen LogP contribution in [0, 0.1) is 18.3 Å². The average Bonchev–Trinajstić information content (AvgIpc) is 1.82. The van der Waals surface area contributed by atoms with Crippen LogP contribution in [-0.2, 0) is 9.09 Å². The molecule has 0 radical (unpaired) electrons. The van der Waals surface area contributed by atoms with Gasteiger partial charge in [-0.2, -0.15) is 0 Å². The van der Waals surface area contributed by atoms with E-state index in [1.54, 1.807) is 0 Å². The molecule has 1 N–H and O–H groups in total. The highest BCUT2D eigenvalue weighted by Gasteiger charge is 2.18. The van der Waals surface area contributed by atoms with E-state index in [0.29, 0.717) is 12.3 Å². The first-order valence-corrected chi connectivity index (χ1v) is 5.82. The van der Waals surface area contributed by atoms with Gasteiger partial charge in [-0.25, -0.2) is 0 Å². The molecule has 0 heterocycles. The Morgan fingerprint density at radius 2 is 2.17 bits per heavy atom. The SMILES string of the molecule is C#CC(CC(C)C)OP(C)(=O)O. The fraction of sp³-hybridized carbons (Fsp3) is 0.750. The largest absolute Gasteiger partial charge is 0.326 e. The van der Waals surface area contributed by atoms with Crippen LogP contribution in [-0.4, -0.2) is 17.7 Å². The van der Waals surface area contributed by atoms with Crippen LogP contribution in [0.3, 0.4) is 0 Å². The van der Waals surface area contributed by atoms with Crippen molar-refractivity contribution >= 4 is 7.60 Å². The minimum Gasteiger partial charge on any atom is -0.324 e. The van der Waals surface area contributed by atoms with Gasteiger partial charge in [0.2, 0.25) is 0 Å². The van der Waals surface area contributed by atoms with Crippen LogP contribution < -0.4 is 0 Å². The summed E-state index contributed by atoms with van der Waals surface area (Å²) in [5, 5.41) is 0. The Bertz CT molecular complexity index is 211. The summed E-state index contributed by atoms with van der Waals surface area (Å²) in [4.78, 5) is 8.87. The maximum Gasteiger partial charge on any atom is 0.326 e. The monoisotopic (exact) mass is 190 g/mol. The molecule has 0 aromatic rings. The van der Waals surface area contributed by atoms with E-state index in [1.165, 1.54) is 0 Å². The van der Waals surface area contributed by atoms with Gasteiger partial charge in [-0.05, 0) is 12.3 Å². The van der Waals surface area contributed by atoms with E-state index < -0.39 is 13.7 Å². The fourth-order valence-corrected chi connectivity index (χ4v) is 1.42. The third-order valence-electron chi connectivity index (χ3n) is 1.19. The minimum atomic E-state index is -3.44. The smallest absolute Gasteiger partial charge is 0.324 e. The van der Waals surface area contributed by atoms with Gasteiger partial charge in [0.1, 0.15) is 6.10 Å². The number of rotatable bonds is 4. The lowest BCUT2D eigenvalue weighted by Crippen LogP contribution is -2.11. The third kappa shape index (κ3) is 6.42. The van der Waals surface area contributed by atoms with Crippen LogP contribution >= 0.6 is 7.60 Å². The predicted molar refractivity (Wildman–Crippen MR) is 48.9 cm³/mol. The summed E-state index contributed by atoms with van der Waals surface area (Å²) in [6, 6.07) is 0. The zero-order valence-electron chi connectivity index (χ0n) is 7.65. The number of hydrogen-bond donors (Lipinski definition) is 1. The first-order chi connectivity index (χ1) is 5.35. The summed E-state index contributed by atoms with van der Waals surface area (Å²) in [6.07, 6.45) is 5.18. The molecule has 0 aliphatic rings. The van der Waals surface area contributed by atoms with Crippen molar-refractivity contribution in [3.05, 3.63) is 0 Å². The molecule has 0 fully saturated rings. The second-order valence-electron chi connectivity index (χ2n) is 3.19. The molecule has 0 aliphatic heterocycles. The van der Waals surface area contributed by atoms with Crippen molar-refractivity contribution in [1.82, 2.24) is 0 Å². The van der Waals surface area contributed by atoms with E-state index >= 15 is 0 Å². The lowest BCUT2D eigenvalue weighted by atomic mass is 10.1. The summed E-state index contributed by atoms with van der Waals surface area (Å²) >= 11 is 0. The molecule has 4 heteroatoms. The highest BCUT2D eigenvalue weighted by molar-refractivity contribution is 7.51. The summed E-state index contributed by atoms with van der Waals surface area (Å²) in [5.74, 6) is 2.69. The maximum atomic E-state index is 10.8. The van der Waals surface area contributed by atoms with E-state index in [1.807, 2.05) is 13.8 Å². The Kier molecular flexibility index (Phi) is 4.55. The van der Waals surface area contributed by atoms with E-state index in [2.05, 4.69) is 5.92 Å². The normalized spacial score (nSPS) is 18.3. The molecule has 0 rings (SSSR count). The average molecular weight is 190 g/mol. The molecule has 0 bridgehead atoms. The van der Waals surface area contributed by atoms with Crippen LogP contribution in [0.4, 0.5) is 0 Å². The van der Waals surface area contributed by atoms with Crippen molar-refractivity contribution in [2.24, 2.45) is 5.92 Å². The highest BCUT2D eigenvalue weighted by Crippen LogP contribution is 2.39. The molecule has 0 aliphatic carbocycles. The summed E-state index contributed by atoms with van der Waals surface area (Å²) in [6.45, 7) is 5.09. The van der Waals surface area contributed by atoms with Gasteiger partial charge in [0.05, 0.1) is 0 Å². The van der Waals surface area contributed by atoms with E-state index in [-0.39, 0.29) is 0 Å². The van der Waals surface area contributed by atoms with Crippen LogP contribution in [0.2, 0.25) is 0 Å². The molecule has 0 aromatic heterocycles. The molecule has 0 saturated heterocycles. The van der Waals surface area contributed by atoms with E-state index in [4.69, 9.17) is 15.8 Å². The van der Waals surface area contributed by atoms with Crippen LogP contribution in [0.5, 0.6) is 0 Å². The summed E-state index contributed by atoms with van der Waals surface area (Å²) < 4.78 is 15.6. The van der Waals surface area contributed by atoms with Gasteiger partial charge in [0, 0.05) is 6.66 Å². The lowest BCUT2D eigenvalue weighted by molar-refractivity contribution is 0.200. The molecule has 12 heavy (non-hydrogen) atoms. The van der Waals surface area contributed by atoms with Gasteiger partial charge in [-0.1, -0.05) is 19.8 Å². The molecule has 0 spiro atoms. The molecule has 3 nitrogen and oxygen atoms in total. The fourth-order valence-electron chi connectivity index (χ4n) is 0.806. The summed E-state index contributed by atoms with van der Waals surface area (Å²) in [7, 11) is -3.44. The molecule has 2 atom stereocenters. The molecule has 0 aromatic carbocycles. The molecular weight excluding hydrogens is 175 g/mol. The first-order valence-electron chi connectivity index (χ1n) is 3.80. The second kappa shape index (κ2) is 4.67. The highest BCUT2D eigenvalue weighted by atomic mass is 31.2. The van der Waals surface area contributed by atoms with Crippen molar-refractivity contribution in [3.63, 3.8) is 0 Å². The van der Waals surface area contributed by atoms with Crippen molar-refractivity contribution in [1.29, 1.82) is 0 Å². The quantitative estimate of drug-likeness (QED) is 0.543. The van der Waals surface area contributed by atoms with Crippen LogP contribution in [0.1, 0.15) is 20.3 Å². The molecule has 0 amide bonds. The van der Waals surface area contributed by atoms with Gasteiger partial charge < -0.3 is 4.89 Å². The van der Waals surface area contributed by atoms with Gasteiger partial charge in [0.25, 0.3) is 0 Å². The Morgan fingerprint density at radius 3 is 2.42 bits per heavy atom. The zero-order chi connectivity index (χ0) is 9.78. The second-order valence-corrected chi connectivity index (χ2v) is 5.01. The maximum absolute atomic E-state index is 10.8. The van der Waals surface area contributed by atoms with Gasteiger partial charge >= 0.3 is 7.60 Å². The standard InChI is InChI=1S/C8H15O3P/c1-5-8(6-7(2)3)11-12(4,9)10/h1,7-8H,6H2,2-4H3,(H,9,10). The zero-order valence-corrected chi connectivity index (χ0v) is 8.54. The summed E-state index contributed by atoms with van der Waals surface area (Å²) in [5.41, 5.74) is 0. The van der Waals surface area contributed by atoms with Crippen molar-refractivity contribution in [2.75, 3.05) is 6.66 Å². The molecule has 70 valence electrons. The predicted octanol–water partition coefficient (Wildman–Crippen LogP) is 1.87. The van der Waals surface area contributed by atoms with Gasteiger partial charge in [0.15, 0.2) is 0 Å². The number of hydrogen-bond acceptors (Lipinski definition) is 2. The molecule has 2 unspecified atom stereocenters. The van der Waals surface area contributed by atoms with Crippen molar-refractivity contribution < 1.29 is 14.0 Å². The van der Waals surface area contributed by atoms with E-state index in [9.17, 15) is 4.57 Å². The Labute approximate surface area is 73.7 Å². The van der Waals surface area contributed by atoms with Crippen LogP contribution in [0.25, 0.3) is 0 Å².